The zero-order valence-electron chi connectivity index (χ0n) is 8.69. The van der Waals surface area contributed by atoms with Gasteiger partial charge in [-0.05, 0) is 5.56 Å². The van der Waals surface area contributed by atoms with Gasteiger partial charge in [-0.25, -0.2) is 0 Å². The van der Waals surface area contributed by atoms with E-state index >= 15 is 0 Å². The van der Waals surface area contributed by atoms with Gasteiger partial charge >= 0.3 is 0 Å². The minimum atomic E-state index is 0.829. The predicted octanol–water partition coefficient (Wildman–Crippen LogP) is 2.05. The third kappa shape index (κ3) is 2.83. The lowest BCUT2D eigenvalue weighted by atomic mass is 10.1. The SMILES string of the molecule is O=Cc1ccccc1CN1CCSCC1. The molecule has 80 valence electrons. The third-order valence-electron chi connectivity index (χ3n) is 2.68. The van der Waals surface area contributed by atoms with Crippen LogP contribution < -0.4 is 0 Å². The molecule has 0 spiro atoms. The van der Waals surface area contributed by atoms with Crippen LogP contribution in [0.25, 0.3) is 0 Å². The number of nitrogens with zero attached hydrogens (tertiary/aromatic N) is 1. The molecule has 1 saturated heterocycles. The molecule has 3 heteroatoms. The molecule has 0 amide bonds. The van der Waals surface area contributed by atoms with Gasteiger partial charge in [-0.3, -0.25) is 9.69 Å². The van der Waals surface area contributed by atoms with E-state index in [1.54, 1.807) is 0 Å². The van der Waals surface area contributed by atoms with Crippen molar-refractivity contribution in [2.24, 2.45) is 0 Å². The number of thioether (sulfide) groups is 1. The van der Waals surface area contributed by atoms with E-state index < -0.39 is 0 Å². The van der Waals surface area contributed by atoms with E-state index in [0.29, 0.717) is 0 Å². The summed E-state index contributed by atoms with van der Waals surface area (Å²) >= 11 is 2.01. The quantitative estimate of drug-likeness (QED) is 0.729. The van der Waals surface area contributed by atoms with Crippen molar-refractivity contribution < 1.29 is 4.79 Å². The van der Waals surface area contributed by atoms with Gasteiger partial charge in [0.1, 0.15) is 6.29 Å². The second kappa shape index (κ2) is 5.33. The number of carbonyl (C=O) groups excluding carboxylic acids is 1. The van der Waals surface area contributed by atoms with E-state index in [1.807, 2.05) is 36.0 Å². The Balaban J connectivity index is 2.05. The van der Waals surface area contributed by atoms with Gasteiger partial charge < -0.3 is 0 Å². The van der Waals surface area contributed by atoms with Crippen molar-refractivity contribution in [3.8, 4) is 0 Å². The Bertz CT molecular complexity index is 334. The summed E-state index contributed by atoms with van der Waals surface area (Å²) in [5.74, 6) is 2.42. The standard InChI is InChI=1S/C12H15NOS/c14-10-12-4-2-1-3-11(12)9-13-5-7-15-8-6-13/h1-4,10H,5-9H2. The molecule has 1 heterocycles. The minimum absolute atomic E-state index is 0.829. The molecular weight excluding hydrogens is 206 g/mol. The number of hydrogen-bond acceptors (Lipinski definition) is 3. The Kier molecular flexibility index (Phi) is 3.80. The van der Waals surface area contributed by atoms with E-state index in [2.05, 4.69) is 4.90 Å². The van der Waals surface area contributed by atoms with Crippen LogP contribution in [0.4, 0.5) is 0 Å². The van der Waals surface area contributed by atoms with Gasteiger partial charge in [0.05, 0.1) is 0 Å². The van der Waals surface area contributed by atoms with Crippen molar-refractivity contribution in [2.75, 3.05) is 24.6 Å². The number of benzene rings is 1. The molecule has 1 aromatic carbocycles. The van der Waals surface area contributed by atoms with Gasteiger partial charge in [0.2, 0.25) is 0 Å². The summed E-state index contributed by atoms with van der Waals surface area (Å²) in [6.07, 6.45) is 0.952. The van der Waals surface area contributed by atoms with Crippen molar-refractivity contribution >= 4 is 18.0 Å². The van der Waals surface area contributed by atoms with Gasteiger partial charge in [0.15, 0.2) is 0 Å². The summed E-state index contributed by atoms with van der Waals surface area (Å²) in [6.45, 7) is 3.19. The van der Waals surface area contributed by atoms with Crippen molar-refractivity contribution in [3.63, 3.8) is 0 Å². The Hall–Kier alpha value is -0.800. The number of hydrogen-bond donors (Lipinski definition) is 0. The molecule has 2 nitrogen and oxygen atoms in total. The fraction of sp³-hybridized carbons (Fsp3) is 0.417. The summed E-state index contributed by atoms with van der Waals surface area (Å²) in [6, 6.07) is 7.85. The van der Waals surface area contributed by atoms with E-state index in [1.165, 1.54) is 11.5 Å². The lowest BCUT2D eigenvalue weighted by Crippen LogP contribution is -2.32. The molecule has 0 atom stereocenters. The Labute approximate surface area is 94.7 Å². The summed E-state index contributed by atoms with van der Waals surface area (Å²) in [4.78, 5) is 13.3. The average Bonchev–Trinajstić information content (AvgIpc) is 2.31. The summed E-state index contributed by atoms with van der Waals surface area (Å²) in [5.41, 5.74) is 1.98. The molecule has 0 unspecified atom stereocenters. The summed E-state index contributed by atoms with van der Waals surface area (Å²) in [7, 11) is 0. The maximum absolute atomic E-state index is 10.8. The monoisotopic (exact) mass is 221 g/mol. The molecule has 0 N–H and O–H groups in total. The van der Waals surface area contributed by atoms with E-state index in [0.717, 1.165) is 37.0 Å². The second-order valence-electron chi connectivity index (χ2n) is 3.71. The number of rotatable bonds is 3. The van der Waals surface area contributed by atoms with Crippen LogP contribution in [0.5, 0.6) is 0 Å². The molecule has 2 rings (SSSR count). The highest BCUT2D eigenvalue weighted by Gasteiger charge is 2.11. The first kappa shape index (κ1) is 10.7. The maximum Gasteiger partial charge on any atom is 0.150 e. The molecular formula is C12H15NOS. The van der Waals surface area contributed by atoms with Gasteiger partial charge in [0.25, 0.3) is 0 Å². The van der Waals surface area contributed by atoms with E-state index in [4.69, 9.17) is 0 Å². The molecule has 1 fully saturated rings. The molecule has 0 aromatic heterocycles. The van der Waals surface area contributed by atoms with E-state index in [-0.39, 0.29) is 0 Å². The highest BCUT2D eigenvalue weighted by Crippen LogP contribution is 2.14. The van der Waals surface area contributed by atoms with Gasteiger partial charge in [-0.1, -0.05) is 24.3 Å². The molecule has 0 saturated carbocycles. The number of carbonyl (C=O) groups is 1. The second-order valence-corrected chi connectivity index (χ2v) is 4.93. The van der Waals surface area contributed by atoms with Crippen LogP contribution in [0.3, 0.4) is 0 Å². The first-order valence-electron chi connectivity index (χ1n) is 5.23. The molecule has 15 heavy (non-hydrogen) atoms. The molecule has 1 aliphatic heterocycles. The summed E-state index contributed by atoms with van der Waals surface area (Å²) < 4.78 is 0. The zero-order valence-corrected chi connectivity index (χ0v) is 9.50. The van der Waals surface area contributed by atoms with Crippen molar-refractivity contribution in [1.82, 2.24) is 4.90 Å². The van der Waals surface area contributed by atoms with Crippen molar-refractivity contribution in [1.29, 1.82) is 0 Å². The largest absolute Gasteiger partial charge is 0.298 e. The van der Waals surface area contributed by atoms with Gasteiger partial charge in [0, 0.05) is 36.7 Å². The number of aldehydes is 1. The first-order chi connectivity index (χ1) is 7.40. The van der Waals surface area contributed by atoms with E-state index in [9.17, 15) is 4.79 Å². The van der Waals surface area contributed by atoms with Crippen molar-refractivity contribution in [3.05, 3.63) is 35.4 Å². The summed E-state index contributed by atoms with van der Waals surface area (Å²) in [5, 5.41) is 0. The normalized spacial score (nSPS) is 17.6. The zero-order chi connectivity index (χ0) is 10.5. The fourth-order valence-electron chi connectivity index (χ4n) is 1.79. The highest BCUT2D eigenvalue weighted by molar-refractivity contribution is 7.99. The van der Waals surface area contributed by atoms with Crippen LogP contribution in [-0.2, 0) is 6.54 Å². The molecule has 0 radical (unpaired) electrons. The van der Waals surface area contributed by atoms with Crippen LogP contribution in [0.15, 0.2) is 24.3 Å². The highest BCUT2D eigenvalue weighted by atomic mass is 32.2. The topological polar surface area (TPSA) is 20.3 Å². The molecule has 0 aliphatic carbocycles. The van der Waals surface area contributed by atoms with Crippen LogP contribution in [0.2, 0.25) is 0 Å². The average molecular weight is 221 g/mol. The molecule has 0 bridgehead atoms. The van der Waals surface area contributed by atoms with Crippen molar-refractivity contribution in [2.45, 2.75) is 6.54 Å². The Morgan fingerprint density at radius 2 is 2.00 bits per heavy atom. The predicted molar refractivity (Wildman–Crippen MR) is 64.4 cm³/mol. The lowest BCUT2D eigenvalue weighted by molar-refractivity contribution is 0.112. The first-order valence-corrected chi connectivity index (χ1v) is 6.39. The maximum atomic E-state index is 10.8. The smallest absolute Gasteiger partial charge is 0.150 e. The van der Waals surface area contributed by atoms with Gasteiger partial charge in [-0.2, -0.15) is 11.8 Å². The van der Waals surface area contributed by atoms with Gasteiger partial charge in [-0.15, -0.1) is 0 Å². The van der Waals surface area contributed by atoms with Crippen LogP contribution in [-0.4, -0.2) is 35.8 Å². The molecule has 1 aromatic rings. The lowest BCUT2D eigenvalue weighted by Gasteiger charge is -2.26. The van der Waals surface area contributed by atoms with Crippen LogP contribution in [0.1, 0.15) is 15.9 Å². The Morgan fingerprint density at radius 3 is 2.73 bits per heavy atom. The molecule has 1 aliphatic rings. The third-order valence-corrected chi connectivity index (χ3v) is 3.62. The van der Waals surface area contributed by atoms with Crippen LogP contribution >= 0.6 is 11.8 Å². The Morgan fingerprint density at radius 1 is 1.27 bits per heavy atom. The minimum Gasteiger partial charge on any atom is -0.298 e. The van der Waals surface area contributed by atoms with Crippen LogP contribution in [0, 0.1) is 0 Å². The fourth-order valence-corrected chi connectivity index (χ4v) is 2.77.